The van der Waals surface area contributed by atoms with E-state index in [1.54, 1.807) is 0 Å². The summed E-state index contributed by atoms with van der Waals surface area (Å²) in [6.45, 7) is 1.20. The predicted molar refractivity (Wildman–Crippen MR) is 79.6 cm³/mol. The highest BCUT2D eigenvalue weighted by atomic mass is 35.5. The molecule has 0 saturated carbocycles. The van der Waals surface area contributed by atoms with Crippen LogP contribution >= 0.6 is 11.6 Å². The summed E-state index contributed by atoms with van der Waals surface area (Å²) in [6, 6.07) is 15.8. The lowest BCUT2D eigenvalue weighted by atomic mass is 10.1. The monoisotopic (exact) mass is 275 g/mol. The van der Waals surface area contributed by atoms with Gasteiger partial charge in [0, 0.05) is 10.6 Å². The summed E-state index contributed by atoms with van der Waals surface area (Å²) in [5.41, 5.74) is 7.77. The molecule has 0 aliphatic heterocycles. The molecule has 0 amide bonds. The number of hydrogen-bond donors (Lipinski definition) is 1. The Bertz CT molecular complexity index is 528. The van der Waals surface area contributed by atoms with Gasteiger partial charge in [-0.3, -0.25) is 0 Å². The maximum Gasteiger partial charge on any atom is 0.120 e. The van der Waals surface area contributed by atoms with Crippen molar-refractivity contribution >= 4 is 11.6 Å². The van der Waals surface area contributed by atoms with Gasteiger partial charge in [-0.2, -0.15) is 0 Å². The molecule has 2 aromatic carbocycles. The lowest BCUT2D eigenvalue weighted by Crippen LogP contribution is -2.01. The van der Waals surface area contributed by atoms with Crippen LogP contribution in [0.4, 0.5) is 0 Å². The van der Waals surface area contributed by atoms with Crippen LogP contribution in [0.5, 0.6) is 5.75 Å². The highest BCUT2D eigenvalue weighted by molar-refractivity contribution is 6.31. The molecule has 0 atom stereocenters. The highest BCUT2D eigenvalue weighted by Crippen LogP contribution is 2.19. The van der Waals surface area contributed by atoms with E-state index in [1.165, 1.54) is 5.56 Å². The molecule has 0 radical (unpaired) electrons. The first kappa shape index (κ1) is 13.9. The van der Waals surface area contributed by atoms with Crippen molar-refractivity contribution in [3.05, 3.63) is 64.7 Å². The zero-order valence-corrected chi connectivity index (χ0v) is 11.6. The van der Waals surface area contributed by atoms with E-state index >= 15 is 0 Å². The first-order chi connectivity index (χ1) is 9.29. The van der Waals surface area contributed by atoms with Gasteiger partial charge in [0.25, 0.3) is 0 Å². The number of rotatable bonds is 6. The fourth-order valence-electron chi connectivity index (χ4n) is 1.87. The number of benzene rings is 2. The third-order valence-electron chi connectivity index (χ3n) is 2.92. The Balaban J connectivity index is 1.98. The van der Waals surface area contributed by atoms with Gasteiger partial charge in [-0.05, 0) is 43.1 Å². The van der Waals surface area contributed by atoms with Gasteiger partial charge in [-0.25, -0.2) is 0 Å². The lowest BCUT2D eigenvalue weighted by Gasteiger charge is -2.09. The van der Waals surface area contributed by atoms with Gasteiger partial charge in [0.1, 0.15) is 12.4 Å². The van der Waals surface area contributed by atoms with Gasteiger partial charge < -0.3 is 10.5 Å². The second-order valence-electron chi connectivity index (χ2n) is 4.42. The molecule has 2 rings (SSSR count). The van der Waals surface area contributed by atoms with E-state index in [1.807, 2.05) is 36.4 Å². The number of nitrogens with two attached hydrogens (primary N) is 1. The maximum absolute atomic E-state index is 6.10. The molecule has 3 heteroatoms. The number of aryl methyl sites for hydroxylation is 1. The van der Waals surface area contributed by atoms with Crippen LogP contribution in [0.25, 0.3) is 0 Å². The number of hydrogen-bond acceptors (Lipinski definition) is 2. The highest BCUT2D eigenvalue weighted by Gasteiger charge is 2.01. The predicted octanol–water partition coefficient (Wildman–Crippen LogP) is 3.81. The SMILES string of the molecule is NCCCc1cccc(OCc2ccccc2Cl)c1. The van der Waals surface area contributed by atoms with Crippen LogP contribution in [0.2, 0.25) is 5.02 Å². The molecule has 0 heterocycles. The lowest BCUT2D eigenvalue weighted by molar-refractivity contribution is 0.306. The van der Waals surface area contributed by atoms with Gasteiger partial charge in [0.15, 0.2) is 0 Å². The molecule has 0 aliphatic rings. The van der Waals surface area contributed by atoms with E-state index < -0.39 is 0 Å². The molecule has 2 aromatic rings. The molecule has 19 heavy (non-hydrogen) atoms. The summed E-state index contributed by atoms with van der Waals surface area (Å²) < 4.78 is 5.78. The Morgan fingerprint density at radius 1 is 1.05 bits per heavy atom. The minimum Gasteiger partial charge on any atom is -0.489 e. The van der Waals surface area contributed by atoms with Gasteiger partial charge in [-0.1, -0.05) is 41.9 Å². The number of halogens is 1. The van der Waals surface area contributed by atoms with E-state index in [2.05, 4.69) is 12.1 Å². The Morgan fingerprint density at radius 3 is 2.68 bits per heavy atom. The third kappa shape index (κ3) is 4.27. The Kier molecular flexibility index (Phi) is 5.25. The molecular formula is C16H18ClNO. The molecule has 0 aliphatic carbocycles. The zero-order chi connectivity index (χ0) is 13.5. The minimum absolute atomic E-state index is 0.486. The molecule has 100 valence electrons. The fourth-order valence-corrected chi connectivity index (χ4v) is 2.06. The molecule has 2 nitrogen and oxygen atoms in total. The molecular weight excluding hydrogens is 258 g/mol. The smallest absolute Gasteiger partial charge is 0.120 e. The molecule has 0 spiro atoms. The van der Waals surface area contributed by atoms with Crippen LogP contribution in [0.15, 0.2) is 48.5 Å². The summed E-state index contributed by atoms with van der Waals surface area (Å²) in [6.07, 6.45) is 1.98. The summed E-state index contributed by atoms with van der Waals surface area (Å²) in [5, 5.41) is 0.738. The van der Waals surface area contributed by atoms with Crippen molar-refractivity contribution in [3.63, 3.8) is 0 Å². The van der Waals surface area contributed by atoms with Gasteiger partial charge in [0.2, 0.25) is 0 Å². The van der Waals surface area contributed by atoms with Crippen LogP contribution in [0.1, 0.15) is 17.5 Å². The molecule has 2 N–H and O–H groups in total. The average molecular weight is 276 g/mol. The first-order valence-corrected chi connectivity index (χ1v) is 6.82. The second-order valence-corrected chi connectivity index (χ2v) is 4.83. The Labute approximate surface area is 119 Å². The summed E-state index contributed by atoms with van der Waals surface area (Å²) in [4.78, 5) is 0. The van der Waals surface area contributed by atoms with Crippen molar-refractivity contribution in [2.45, 2.75) is 19.4 Å². The van der Waals surface area contributed by atoms with Crippen molar-refractivity contribution in [3.8, 4) is 5.75 Å². The third-order valence-corrected chi connectivity index (χ3v) is 3.29. The van der Waals surface area contributed by atoms with Crippen LogP contribution in [-0.4, -0.2) is 6.54 Å². The zero-order valence-electron chi connectivity index (χ0n) is 10.8. The Morgan fingerprint density at radius 2 is 1.89 bits per heavy atom. The van der Waals surface area contributed by atoms with E-state index in [4.69, 9.17) is 22.1 Å². The van der Waals surface area contributed by atoms with E-state index in [9.17, 15) is 0 Å². The second kappa shape index (κ2) is 7.17. The van der Waals surface area contributed by atoms with Crippen molar-refractivity contribution in [2.75, 3.05) is 6.54 Å². The largest absolute Gasteiger partial charge is 0.489 e. The van der Waals surface area contributed by atoms with Crippen molar-refractivity contribution in [1.29, 1.82) is 0 Å². The molecule has 0 fully saturated rings. The average Bonchev–Trinajstić information content (AvgIpc) is 2.45. The van der Waals surface area contributed by atoms with Crippen molar-refractivity contribution in [2.24, 2.45) is 5.73 Å². The molecule has 0 bridgehead atoms. The van der Waals surface area contributed by atoms with Crippen molar-refractivity contribution < 1.29 is 4.74 Å². The standard InChI is InChI=1S/C16H18ClNO/c17-16-9-2-1-7-14(16)12-19-15-8-3-5-13(11-15)6-4-10-18/h1-3,5,7-9,11H,4,6,10,12,18H2. The van der Waals surface area contributed by atoms with E-state index in [0.717, 1.165) is 29.2 Å². The van der Waals surface area contributed by atoms with Gasteiger partial charge in [0.05, 0.1) is 0 Å². The topological polar surface area (TPSA) is 35.2 Å². The van der Waals surface area contributed by atoms with E-state index in [-0.39, 0.29) is 0 Å². The molecule has 0 aromatic heterocycles. The quantitative estimate of drug-likeness (QED) is 0.870. The summed E-state index contributed by atoms with van der Waals surface area (Å²) >= 11 is 6.10. The van der Waals surface area contributed by atoms with Crippen LogP contribution in [-0.2, 0) is 13.0 Å². The maximum atomic E-state index is 6.10. The molecule has 0 saturated heterocycles. The molecule has 0 unspecified atom stereocenters. The summed E-state index contributed by atoms with van der Waals surface area (Å²) in [5.74, 6) is 0.870. The number of ether oxygens (including phenoxy) is 1. The summed E-state index contributed by atoms with van der Waals surface area (Å²) in [7, 11) is 0. The Hall–Kier alpha value is -1.51. The minimum atomic E-state index is 0.486. The fraction of sp³-hybridized carbons (Fsp3) is 0.250. The van der Waals surface area contributed by atoms with Gasteiger partial charge in [-0.15, -0.1) is 0 Å². The van der Waals surface area contributed by atoms with Crippen molar-refractivity contribution in [1.82, 2.24) is 0 Å². The van der Waals surface area contributed by atoms with Crippen LogP contribution < -0.4 is 10.5 Å². The van der Waals surface area contributed by atoms with E-state index in [0.29, 0.717) is 13.2 Å². The van der Waals surface area contributed by atoms with Crippen LogP contribution in [0.3, 0.4) is 0 Å². The normalized spacial score (nSPS) is 10.4. The van der Waals surface area contributed by atoms with Crippen LogP contribution in [0, 0.1) is 0 Å². The first-order valence-electron chi connectivity index (χ1n) is 6.45. The van der Waals surface area contributed by atoms with Gasteiger partial charge >= 0.3 is 0 Å².